The SMILES string of the molecule is CSC(=Nc1cc(F)ccc1-n1cnnn1)NC#N. The highest BCUT2D eigenvalue weighted by atomic mass is 32.2. The summed E-state index contributed by atoms with van der Waals surface area (Å²) in [7, 11) is 0. The maximum Gasteiger partial charge on any atom is 0.183 e. The van der Waals surface area contributed by atoms with Gasteiger partial charge in [0.25, 0.3) is 0 Å². The number of hydrogen-bond donors (Lipinski definition) is 1. The van der Waals surface area contributed by atoms with Gasteiger partial charge in [-0.3, -0.25) is 5.32 Å². The highest BCUT2D eigenvalue weighted by molar-refractivity contribution is 8.13. The Balaban J connectivity index is 2.50. The first-order valence-corrected chi connectivity index (χ1v) is 6.27. The lowest BCUT2D eigenvalue weighted by Crippen LogP contribution is -2.12. The van der Waals surface area contributed by atoms with Gasteiger partial charge in [0, 0.05) is 6.07 Å². The van der Waals surface area contributed by atoms with E-state index in [0.29, 0.717) is 16.5 Å². The topological polar surface area (TPSA) is 91.8 Å². The first-order chi connectivity index (χ1) is 9.24. The molecular formula is C10H8FN7S. The number of aliphatic imine (C=N–C) groups is 1. The number of benzene rings is 1. The van der Waals surface area contributed by atoms with Crippen molar-refractivity contribution >= 4 is 22.6 Å². The quantitative estimate of drug-likeness (QED) is 0.384. The summed E-state index contributed by atoms with van der Waals surface area (Å²) in [5.41, 5.74) is 0.831. The van der Waals surface area contributed by atoms with E-state index in [1.807, 2.05) is 0 Å². The van der Waals surface area contributed by atoms with E-state index in [-0.39, 0.29) is 0 Å². The second-order valence-electron chi connectivity index (χ2n) is 3.25. The lowest BCUT2D eigenvalue weighted by Gasteiger charge is -2.06. The number of tetrazole rings is 1. The molecule has 0 atom stereocenters. The van der Waals surface area contributed by atoms with Gasteiger partial charge >= 0.3 is 0 Å². The summed E-state index contributed by atoms with van der Waals surface area (Å²) >= 11 is 1.23. The van der Waals surface area contributed by atoms with E-state index in [9.17, 15) is 4.39 Å². The van der Waals surface area contributed by atoms with Crippen molar-refractivity contribution in [1.29, 1.82) is 5.26 Å². The second-order valence-corrected chi connectivity index (χ2v) is 4.04. The highest BCUT2D eigenvalue weighted by Crippen LogP contribution is 2.24. The molecule has 1 aromatic heterocycles. The molecule has 0 saturated carbocycles. The molecule has 7 nitrogen and oxygen atoms in total. The molecule has 96 valence electrons. The van der Waals surface area contributed by atoms with Gasteiger partial charge < -0.3 is 0 Å². The predicted octanol–water partition coefficient (Wildman–Crippen LogP) is 1.22. The number of nitriles is 1. The Morgan fingerprint density at radius 1 is 1.58 bits per heavy atom. The van der Waals surface area contributed by atoms with Crippen molar-refractivity contribution in [1.82, 2.24) is 25.5 Å². The molecule has 1 aromatic carbocycles. The zero-order valence-electron chi connectivity index (χ0n) is 9.78. The number of hydrogen-bond acceptors (Lipinski definition) is 6. The largest absolute Gasteiger partial charge is 0.271 e. The third kappa shape index (κ3) is 3.05. The molecule has 2 rings (SSSR count). The molecule has 0 aliphatic heterocycles. The van der Waals surface area contributed by atoms with Gasteiger partial charge in [-0.1, -0.05) is 11.8 Å². The molecule has 1 heterocycles. The Morgan fingerprint density at radius 2 is 2.42 bits per heavy atom. The molecule has 0 saturated heterocycles. The van der Waals surface area contributed by atoms with Crippen LogP contribution in [-0.2, 0) is 0 Å². The Hall–Kier alpha value is -2.47. The highest BCUT2D eigenvalue weighted by Gasteiger charge is 2.08. The van der Waals surface area contributed by atoms with Crippen LogP contribution in [0.15, 0.2) is 29.5 Å². The van der Waals surface area contributed by atoms with Crippen LogP contribution in [0.1, 0.15) is 0 Å². The fourth-order valence-corrected chi connectivity index (χ4v) is 1.67. The van der Waals surface area contributed by atoms with Crippen molar-refractivity contribution in [3.05, 3.63) is 30.3 Å². The number of amidine groups is 1. The van der Waals surface area contributed by atoms with Gasteiger partial charge in [0.15, 0.2) is 11.4 Å². The molecule has 2 aromatic rings. The number of nitrogens with zero attached hydrogens (tertiary/aromatic N) is 6. The molecule has 0 aliphatic rings. The van der Waals surface area contributed by atoms with Crippen LogP contribution in [0.5, 0.6) is 0 Å². The summed E-state index contributed by atoms with van der Waals surface area (Å²) in [6.45, 7) is 0. The van der Waals surface area contributed by atoms with Gasteiger partial charge in [-0.2, -0.15) is 9.94 Å². The van der Waals surface area contributed by atoms with E-state index in [2.05, 4.69) is 25.8 Å². The maximum atomic E-state index is 13.3. The summed E-state index contributed by atoms with van der Waals surface area (Å²) in [6.07, 6.45) is 4.89. The van der Waals surface area contributed by atoms with Crippen LogP contribution in [0.2, 0.25) is 0 Å². The molecule has 19 heavy (non-hydrogen) atoms. The number of thioether (sulfide) groups is 1. The Morgan fingerprint density at radius 3 is 3.05 bits per heavy atom. The molecule has 9 heteroatoms. The minimum Gasteiger partial charge on any atom is -0.271 e. The Kier molecular flexibility index (Phi) is 4.04. The standard InChI is InChI=1S/C10H8FN7S/c1-19-10(13-5-12)15-8-4-7(11)2-3-9(8)18-6-14-16-17-18/h2-4,6H,1H3,(H,13,15). The molecule has 0 bridgehead atoms. The van der Waals surface area contributed by atoms with Gasteiger partial charge in [-0.15, -0.1) is 5.10 Å². The predicted molar refractivity (Wildman–Crippen MR) is 68.5 cm³/mol. The molecule has 0 radical (unpaired) electrons. The van der Waals surface area contributed by atoms with Crippen molar-refractivity contribution in [2.45, 2.75) is 0 Å². The summed E-state index contributed by atoms with van der Waals surface area (Å²) in [4.78, 5) is 4.17. The van der Waals surface area contributed by atoms with Crippen molar-refractivity contribution in [3.63, 3.8) is 0 Å². The molecule has 0 amide bonds. The normalized spacial score (nSPS) is 11.1. The smallest absolute Gasteiger partial charge is 0.183 e. The van der Waals surface area contributed by atoms with Crippen LogP contribution in [-0.4, -0.2) is 31.6 Å². The summed E-state index contributed by atoms with van der Waals surface area (Å²) in [6, 6.07) is 4.04. The minimum absolute atomic E-state index is 0.319. The van der Waals surface area contributed by atoms with Crippen LogP contribution in [0.25, 0.3) is 5.69 Å². The van der Waals surface area contributed by atoms with Gasteiger partial charge in [-0.05, 0) is 28.8 Å². The van der Waals surface area contributed by atoms with E-state index in [4.69, 9.17) is 5.26 Å². The molecule has 0 spiro atoms. The van der Waals surface area contributed by atoms with Gasteiger partial charge in [0.1, 0.15) is 12.1 Å². The molecular weight excluding hydrogens is 269 g/mol. The fraction of sp³-hybridized carbons (Fsp3) is 0.100. The molecule has 0 fully saturated rings. The fourth-order valence-electron chi connectivity index (χ4n) is 1.33. The summed E-state index contributed by atoms with van der Waals surface area (Å²) < 4.78 is 14.7. The van der Waals surface area contributed by atoms with E-state index in [0.717, 1.165) is 0 Å². The van der Waals surface area contributed by atoms with E-state index in [1.165, 1.54) is 41.0 Å². The zero-order chi connectivity index (χ0) is 13.7. The van der Waals surface area contributed by atoms with Crippen molar-refractivity contribution in [2.75, 3.05) is 6.26 Å². The van der Waals surface area contributed by atoms with Crippen LogP contribution in [0, 0.1) is 17.3 Å². The third-order valence-electron chi connectivity index (χ3n) is 2.11. The molecule has 0 unspecified atom stereocenters. The summed E-state index contributed by atoms with van der Waals surface area (Å²) in [5.74, 6) is -0.437. The Bertz CT molecular complexity index is 632. The summed E-state index contributed by atoms with van der Waals surface area (Å²) in [5, 5.41) is 22.1. The van der Waals surface area contributed by atoms with Crippen LogP contribution in [0.3, 0.4) is 0 Å². The number of nitrogens with one attached hydrogen (secondary N) is 1. The number of aromatic nitrogens is 4. The van der Waals surface area contributed by atoms with E-state index >= 15 is 0 Å². The lowest BCUT2D eigenvalue weighted by molar-refractivity contribution is 0.627. The zero-order valence-corrected chi connectivity index (χ0v) is 10.6. The van der Waals surface area contributed by atoms with E-state index < -0.39 is 5.82 Å². The Labute approximate surface area is 112 Å². The van der Waals surface area contributed by atoms with Crippen molar-refractivity contribution in [2.24, 2.45) is 4.99 Å². The lowest BCUT2D eigenvalue weighted by atomic mass is 10.2. The monoisotopic (exact) mass is 277 g/mol. The first kappa shape index (κ1) is 13.0. The third-order valence-corrected chi connectivity index (χ3v) is 2.69. The average molecular weight is 277 g/mol. The van der Waals surface area contributed by atoms with Gasteiger partial charge in [0.05, 0.1) is 11.4 Å². The molecule has 1 N–H and O–H groups in total. The second kappa shape index (κ2) is 5.92. The van der Waals surface area contributed by atoms with Crippen molar-refractivity contribution in [3.8, 4) is 11.9 Å². The first-order valence-electron chi connectivity index (χ1n) is 5.05. The number of halogens is 1. The van der Waals surface area contributed by atoms with Gasteiger partial charge in [-0.25, -0.2) is 9.38 Å². The average Bonchev–Trinajstić information content (AvgIpc) is 2.92. The van der Waals surface area contributed by atoms with E-state index in [1.54, 1.807) is 12.4 Å². The minimum atomic E-state index is -0.437. The van der Waals surface area contributed by atoms with Gasteiger partial charge in [0.2, 0.25) is 0 Å². The van der Waals surface area contributed by atoms with Crippen LogP contribution < -0.4 is 5.32 Å². The van der Waals surface area contributed by atoms with Crippen LogP contribution in [0.4, 0.5) is 10.1 Å². The van der Waals surface area contributed by atoms with Crippen molar-refractivity contribution < 1.29 is 4.39 Å². The maximum absolute atomic E-state index is 13.3. The number of rotatable bonds is 2. The van der Waals surface area contributed by atoms with Crippen LogP contribution >= 0.6 is 11.8 Å². The molecule has 0 aliphatic carbocycles.